The average molecular weight is 330 g/mol. The Morgan fingerprint density at radius 1 is 1.05 bits per heavy atom. The van der Waals surface area contributed by atoms with Gasteiger partial charge in [-0.15, -0.1) is 0 Å². The van der Waals surface area contributed by atoms with Gasteiger partial charge in [0.2, 0.25) is 0 Å². The van der Waals surface area contributed by atoms with Gasteiger partial charge in [-0.25, -0.2) is 8.78 Å². The van der Waals surface area contributed by atoms with Crippen LogP contribution in [0.3, 0.4) is 0 Å². The van der Waals surface area contributed by atoms with E-state index in [-0.39, 0.29) is 11.5 Å². The Kier molecular flexibility index (Phi) is 3.75. The summed E-state index contributed by atoms with van der Waals surface area (Å²) >= 11 is 3.13. The standard InChI is InChI=1S/C12H6BrF2NO3/c13-7-1-3-9(14)12(5-7)19-11-4-2-8(16(17)18)6-10(11)15/h1-6H. The molecule has 0 aliphatic carbocycles. The van der Waals surface area contributed by atoms with E-state index in [1.807, 2.05) is 0 Å². The highest BCUT2D eigenvalue weighted by Crippen LogP contribution is 2.30. The van der Waals surface area contributed by atoms with Crippen LogP contribution in [0.4, 0.5) is 14.5 Å². The van der Waals surface area contributed by atoms with Crippen molar-refractivity contribution in [2.75, 3.05) is 0 Å². The molecule has 0 bridgehead atoms. The third-order valence-electron chi connectivity index (χ3n) is 2.24. The topological polar surface area (TPSA) is 52.4 Å². The summed E-state index contributed by atoms with van der Waals surface area (Å²) in [6.07, 6.45) is 0. The van der Waals surface area contributed by atoms with Crippen molar-refractivity contribution < 1.29 is 18.4 Å². The third-order valence-corrected chi connectivity index (χ3v) is 2.73. The molecule has 19 heavy (non-hydrogen) atoms. The molecule has 0 N–H and O–H groups in total. The molecule has 0 unspecified atom stereocenters. The van der Waals surface area contributed by atoms with Crippen LogP contribution >= 0.6 is 15.9 Å². The number of non-ortho nitro benzene ring substituents is 1. The van der Waals surface area contributed by atoms with E-state index >= 15 is 0 Å². The van der Waals surface area contributed by atoms with Gasteiger partial charge in [0.15, 0.2) is 23.1 Å². The summed E-state index contributed by atoms with van der Waals surface area (Å²) < 4.78 is 32.6. The first-order chi connectivity index (χ1) is 8.97. The van der Waals surface area contributed by atoms with Crippen LogP contribution in [-0.2, 0) is 0 Å². The molecule has 0 spiro atoms. The fourth-order valence-electron chi connectivity index (χ4n) is 1.36. The Morgan fingerprint density at radius 2 is 1.79 bits per heavy atom. The molecule has 98 valence electrons. The van der Waals surface area contributed by atoms with Crippen molar-refractivity contribution in [3.05, 3.63) is 62.6 Å². The largest absolute Gasteiger partial charge is 0.451 e. The summed E-state index contributed by atoms with van der Waals surface area (Å²) in [5.74, 6) is -2.07. The number of benzene rings is 2. The zero-order chi connectivity index (χ0) is 14.0. The highest BCUT2D eigenvalue weighted by molar-refractivity contribution is 9.10. The molecule has 0 aliphatic rings. The number of nitrogens with zero attached hydrogens (tertiary/aromatic N) is 1. The minimum Gasteiger partial charge on any atom is -0.451 e. The van der Waals surface area contributed by atoms with Gasteiger partial charge in [0.25, 0.3) is 5.69 Å². The Balaban J connectivity index is 2.33. The monoisotopic (exact) mass is 329 g/mol. The maximum absolute atomic E-state index is 13.6. The lowest BCUT2D eigenvalue weighted by Gasteiger charge is -2.07. The second-order valence-electron chi connectivity index (χ2n) is 3.55. The molecule has 2 aromatic carbocycles. The Labute approximate surface area is 114 Å². The van der Waals surface area contributed by atoms with E-state index in [9.17, 15) is 18.9 Å². The van der Waals surface area contributed by atoms with Crippen molar-refractivity contribution in [1.29, 1.82) is 0 Å². The first-order valence-corrected chi connectivity index (χ1v) is 5.83. The van der Waals surface area contributed by atoms with E-state index in [4.69, 9.17) is 4.74 Å². The van der Waals surface area contributed by atoms with Crippen LogP contribution in [0.2, 0.25) is 0 Å². The lowest BCUT2D eigenvalue weighted by Crippen LogP contribution is -1.94. The summed E-state index contributed by atoms with van der Waals surface area (Å²) in [7, 11) is 0. The number of nitro benzene ring substituents is 1. The molecule has 2 rings (SSSR count). The van der Waals surface area contributed by atoms with Gasteiger partial charge in [0, 0.05) is 10.5 Å². The summed E-state index contributed by atoms with van der Waals surface area (Å²) in [6, 6.07) is 6.82. The van der Waals surface area contributed by atoms with E-state index < -0.39 is 22.2 Å². The molecule has 2 aromatic rings. The highest BCUT2D eigenvalue weighted by atomic mass is 79.9. The van der Waals surface area contributed by atoms with Crippen LogP contribution in [0.5, 0.6) is 11.5 Å². The van der Waals surface area contributed by atoms with Gasteiger partial charge < -0.3 is 4.74 Å². The van der Waals surface area contributed by atoms with Crippen LogP contribution in [0.15, 0.2) is 40.9 Å². The Bertz CT molecular complexity index is 649. The fourth-order valence-corrected chi connectivity index (χ4v) is 1.70. The summed E-state index contributed by atoms with van der Waals surface area (Å²) in [5.41, 5.74) is -0.403. The number of hydrogen-bond acceptors (Lipinski definition) is 3. The predicted molar refractivity (Wildman–Crippen MR) is 67.2 cm³/mol. The maximum atomic E-state index is 13.6. The van der Waals surface area contributed by atoms with Gasteiger partial charge in [-0.2, -0.15) is 0 Å². The molecular weight excluding hydrogens is 324 g/mol. The predicted octanol–water partition coefficient (Wildman–Crippen LogP) is 4.43. The van der Waals surface area contributed by atoms with E-state index in [0.29, 0.717) is 10.5 Å². The van der Waals surface area contributed by atoms with Crippen LogP contribution in [0.25, 0.3) is 0 Å². The van der Waals surface area contributed by atoms with Crippen LogP contribution in [0, 0.1) is 21.7 Å². The van der Waals surface area contributed by atoms with Gasteiger partial charge in [-0.3, -0.25) is 10.1 Å². The van der Waals surface area contributed by atoms with Crippen molar-refractivity contribution in [3.63, 3.8) is 0 Å². The number of nitro groups is 1. The quantitative estimate of drug-likeness (QED) is 0.618. The van der Waals surface area contributed by atoms with Crippen molar-refractivity contribution in [1.82, 2.24) is 0 Å². The first-order valence-electron chi connectivity index (χ1n) is 5.04. The number of hydrogen-bond donors (Lipinski definition) is 0. The average Bonchev–Trinajstić information content (AvgIpc) is 2.36. The van der Waals surface area contributed by atoms with Gasteiger partial charge in [0.05, 0.1) is 11.0 Å². The first kappa shape index (κ1) is 13.4. The van der Waals surface area contributed by atoms with Crippen molar-refractivity contribution in [2.24, 2.45) is 0 Å². The van der Waals surface area contributed by atoms with Crippen molar-refractivity contribution >= 4 is 21.6 Å². The molecule has 0 saturated carbocycles. The number of halogens is 3. The zero-order valence-corrected chi connectivity index (χ0v) is 10.9. The van der Waals surface area contributed by atoms with Crippen LogP contribution in [0.1, 0.15) is 0 Å². The SMILES string of the molecule is O=[N+]([O-])c1ccc(Oc2cc(Br)ccc2F)c(F)c1. The smallest absolute Gasteiger partial charge is 0.272 e. The molecule has 0 radical (unpaired) electrons. The van der Waals surface area contributed by atoms with Crippen LogP contribution < -0.4 is 4.74 Å². The lowest BCUT2D eigenvalue weighted by molar-refractivity contribution is -0.385. The molecule has 0 aliphatic heterocycles. The van der Waals surface area contributed by atoms with Crippen molar-refractivity contribution in [3.8, 4) is 11.5 Å². The van der Waals surface area contributed by atoms with Gasteiger partial charge in [0.1, 0.15) is 0 Å². The number of ether oxygens (including phenoxy) is 1. The Morgan fingerprint density at radius 3 is 2.42 bits per heavy atom. The summed E-state index contributed by atoms with van der Waals surface area (Å²) in [6.45, 7) is 0. The molecule has 0 amide bonds. The van der Waals surface area contributed by atoms with Gasteiger partial charge >= 0.3 is 0 Å². The lowest BCUT2D eigenvalue weighted by atomic mass is 10.3. The molecule has 0 aromatic heterocycles. The normalized spacial score (nSPS) is 10.3. The third kappa shape index (κ3) is 3.05. The van der Waals surface area contributed by atoms with Gasteiger partial charge in [-0.1, -0.05) is 15.9 Å². The minimum absolute atomic E-state index is 0.179. The molecule has 0 saturated heterocycles. The number of rotatable bonds is 3. The summed E-state index contributed by atoms with van der Waals surface area (Å²) in [4.78, 5) is 9.72. The van der Waals surface area contributed by atoms with E-state index in [1.165, 1.54) is 12.1 Å². The Hall–Kier alpha value is -2.02. The maximum Gasteiger partial charge on any atom is 0.272 e. The summed E-state index contributed by atoms with van der Waals surface area (Å²) in [5, 5.41) is 10.5. The van der Waals surface area contributed by atoms with Crippen molar-refractivity contribution in [2.45, 2.75) is 0 Å². The van der Waals surface area contributed by atoms with E-state index in [1.54, 1.807) is 0 Å². The van der Waals surface area contributed by atoms with Gasteiger partial charge in [-0.05, 0) is 24.3 Å². The zero-order valence-electron chi connectivity index (χ0n) is 9.27. The molecule has 7 heteroatoms. The fraction of sp³-hybridized carbons (Fsp3) is 0. The molecular formula is C12H6BrF2NO3. The molecule has 0 atom stereocenters. The minimum atomic E-state index is -0.937. The van der Waals surface area contributed by atoms with Crippen LogP contribution in [-0.4, -0.2) is 4.92 Å². The van der Waals surface area contributed by atoms with E-state index in [0.717, 1.165) is 18.2 Å². The highest BCUT2D eigenvalue weighted by Gasteiger charge is 2.14. The van der Waals surface area contributed by atoms with E-state index in [2.05, 4.69) is 15.9 Å². The second-order valence-corrected chi connectivity index (χ2v) is 4.46. The second kappa shape index (κ2) is 5.31. The molecule has 0 heterocycles. The molecule has 4 nitrogen and oxygen atoms in total. The molecule has 0 fully saturated rings.